The number of benzene rings is 1. The van der Waals surface area contributed by atoms with Gasteiger partial charge in [-0.25, -0.2) is 9.18 Å². The van der Waals surface area contributed by atoms with Gasteiger partial charge in [-0.2, -0.15) is 0 Å². The summed E-state index contributed by atoms with van der Waals surface area (Å²) in [5.41, 5.74) is 0.159. The van der Waals surface area contributed by atoms with E-state index in [2.05, 4.69) is 21.2 Å². The van der Waals surface area contributed by atoms with Gasteiger partial charge in [0.05, 0.1) is 10.7 Å². The lowest BCUT2D eigenvalue weighted by Crippen LogP contribution is -2.12. The number of hydrogen-bond donors (Lipinski definition) is 2. The molecule has 0 fully saturated rings. The number of rotatable bonds is 3. The van der Waals surface area contributed by atoms with E-state index in [0.29, 0.717) is 0 Å². The van der Waals surface area contributed by atoms with Crippen molar-refractivity contribution in [3.8, 4) is 0 Å². The first-order valence-corrected chi connectivity index (χ1v) is 6.34. The second-order valence-corrected chi connectivity index (χ2v) is 4.93. The molecule has 0 saturated carbocycles. The van der Waals surface area contributed by atoms with E-state index in [1.165, 1.54) is 6.07 Å². The summed E-state index contributed by atoms with van der Waals surface area (Å²) >= 11 is 8.88. The van der Waals surface area contributed by atoms with Gasteiger partial charge in [-0.1, -0.05) is 11.6 Å². The van der Waals surface area contributed by atoms with E-state index in [-0.39, 0.29) is 26.7 Å². The molecular weight excluding hydrogens is 356 g/mol. The van der Waals surface area contributed by atoms with Crippen molar-refractivity contribution in [1.82, 2.24) is 0 Å². The topological polar surface area (TPSA) is 79.5 Å². The number of furan rings is 1. The standard InChI is InChI=1S/C12H6BrClFNO4/c13-6-3-5(15)4-7(14)10(6)16-11(17)8-1-2-9(20-8)12(18)19/h1-4H,(H,16,17)(H,18,19). The van der Waals surface area contributed by atoms with Gasteiger partial charge in [-0.05, 0) is 40.2 Å². The van der Waals surface area contributed by atoms with Gasteiger partial charge in [0.25, 0.3) is 5.91 Å². The van der Waals surface area contributed by atoms with Crippen LogP contribution in [-0.2, 0) is 0 Å². The maximum Gasteiger partial charge on any atom is 0.371 e. The monoisotopic (exact) mass is 361 g/mol. The molecule has 0 aliphatic rings. The van der Waals surface area contributed by atoms with Crippen molar-refractivity contribution in [2.45, 2.75) is 0 Å². The van der Waals surface area contributed by atoms with E-state index in [9.17, 15) is 14.0 Å². The van der Waals surface area contributed by atoms with Crippen molar-refractivity contribution in [2.75, 3.05) is 5.32 Å². The van der Waals surface area contributed by atoms with Crippen LogP contribution in [0.3, 0.4) is 0 Å². The van der Waals surface area contributed by atoms with Gasteiger partial charge in [-0.3, -0.25) is 4.79 Å². The van der Waals surface area contributed by atoms with Gasteiger partial charge >= 0.3 is 5.97 Å². The molecule has 0 saturated heterocycles. The smallest absolute Gasteiger partial charge is 0.371 e. The first-order valence-electron chi connectivity index (χ1n) is 5.17. The second-order valence-electron chi connectivity index (χ2n) is 3.67. The zero-order chi connectivity index (χ0) is 14.9. The molecule has 0 aliphatic heterocycles. The van der Waals surface area contributed by atoms with E-state index in [1.807, 2.05) is 0 Å². The number of carbonyl (C=O) groups excluding carboxylic acids is 1. The highest BCUT2D eigenvalue weighted by Gasteiger charge is 2.17. The number of carboxylic acid groups (broad SMARTS) is 1. The minimum atomic E-state index is -1.29. The second kappa shape index (κ2) is 5.64. The number of carboxylic acids is 1. The SMILES string of the molecule is O=C(O)c1ccc(C(=O)Nc2c(Cl)cc(F)cc2Br)o1. The van der Waals surface area contributed by atoms with Crippen LogP contribution in [-0.4, -0.2) is 17.0 Å². The fraction of sp³-hybridized carbons (Fsp3) is 0. The molecule has 5 nitrogen and oxygen atoms in total. The number of hydrogen-bond acceptors (Lipinski definition) is 3. The molecule has 20 heavy (non-hydrogen) atoms. The predicted octanol–water partition coefficient (Wildman–Crippen LogP) is 3.79. The minimum Gasteiger partial charge on any atom is -0.475 e. The zero-order valence-corrected chi connectivity index (χ0v) is 12.0. The van der Waals surface area contributed by atoms with Gasteiger partial charge in [0.1, 0.15) is 5.82 Å². The van der Waals surface area contributed by atoms with Crippen LogP contribution < -0.4 is 5.32 Å². The molecule has 1 aromatic heterocycles. The molecule has 0 aliphatic carbocycles. The van der Waals surface area contributed by atoms with Crippen LogP contribution in [0.15, 0.2) is 33.2 Å². The molecule has 1 heterocycles. The Balaban J connectivity index is 2.25. The summed E-state index contributed by atoms with van der Waals surface area (Å²) in [5.74, 6) is -3.11. The highest BCUT2D eigenvalue weighted by Crippen LogP contribution is 2.32. The molecule has 8 heteroatoms. The zero-order valence-electron chi connectivity index (χ0n) is 9.62. The summed E-state index contributed by atoms with van der Waals surface area (Å²) in [7, 11) is 0. The van der Waals surface area contributed by atoms with Crippen LogP contribution >= 0.6 is 27.5 Å². The lowest BCUT2D eigenvalue weighted by atomic mass is 10.3. The van der Waals surface area contributed by atoms with Crippen molar-refractivity contribution in [3.05, 3.63) is 51.1 Å². The Hall–Kier alpha value is -1.86. The molecule has 0 atom stereocenters. The normalized spacial score (nSPS) is 10.3. The van der Waals surface area contributed by atoms with E-state index in [0.717, 1.165) is 18.2 Å². The largest absolute Gasteiger partial charge is 0.475 e. The fourth-order valence-corrected chi connectivity index (χ4v) is 2.31. The summed E-state index contributed by atoms with van der Waals surface area (Å²) in [6, 6.07) is 4.53. The van der Waals surface area contributed by atoms with Gasteiger partial charge in [0, 0.05) is 4.47 Å². The Morgan fingerprint density at radius 2 is 1.95 bits per heavy atom. The predicted molar refractivity (Wildman–Crippen MR) is 72.7 cm³/mol. The maximum atomic E-state index is 13.0. The maximum absolute atomic E-state index is 13.0. The van der Waals surface area contributed by atoms with Gasteiger partial charge in [0.2, 0.25) is 5.76 Å². The molecule has 0 radical (unpaired) electrons. The Bertz CT molecular complexity index is 678. The van der Waals surface area contributed by atoms with Gasteiger partial charge in [0.15, 0.2) is 5.76 Å². The Morgan fingerprint density at radius 3 is 2.50 bits per heavy atom. The average molecular weight is 363 g/mol. The average Bonchev–Trinajstić information content (AvgIpc) is 2.83. The molecule has 0 bridgehead atoms. The van der Waals surface area contributed by atoms with Crippen LogP contribution in [0.4, 0.5) is 10.1 Å². The van der Waals surface area contributed by atoms with Crippen LogP contribution in [0.25, 0.3) is 0 Å². The molecule has 1 aromatic carbocycles. The van der Waals surface area contributed by atoms with Crippen LogP contribution in [0.5, 0.6) is 0 Å². The number of aromatic carboxylic acids is 1. The first kappa shape index (κ1) is 14.5. The van der Waals surface area contributed by atoms with Crippen molar-refractivity contribution in [3.63, 3.8) is 0 Å². The summed E-state index contributed by atoms with van der Waals surface area (Å²) in [6.45, 7) is 0. The van der Waals surface area contributed by atoms with Crippen LogP contribution in [0.1, 0.15) is 21.1 Å². The van der Waals surface area contributed by atoms with Crippen LogP contribution in [0.2, 0.25) is 5.02 Å². The first-order chi connectivity index (χ1) is 9.38. The molecule has 2 rings (SSSR count). The number of nitrogens with one attached hydrogen (secondary N) is 1. The van der Waals surface area contributed by atoms with Crippen molar-refractivity contribution in [1.29, 1.82) is 0 Å². The van der Waals surface area contributed by atoms with Gasteiger partial charge in [-0.15, -0.1) is 0 Å². The fourth-order valence-electron chi connectivity index (χ4n) is 1.41. The number of anilines is 1. The third-order valence-corrected chi connectivity index (χ3v) is 3.21. The molecule has 2 N–H and O–H groups in total. The molecular formula is C12H6BrClFNO4. The van der Waals surface area contributed by atoms with Crippen molar-refractivity contribution < 1.29 is 23.5 Å². The third kappa shape index (κ3) is 3.00. The molecule has 2 aromatic rings. The summed E-state index contributed by atoms with van der Waals surface area (Å²) < 4.78 is 18.1. The van der Waals surface area contributed by atoms with Gasteiger partial charge < -0.3 is 14.8 Å². The summed E-state index contributed by atoms with van der Waals surface area (Å²) in [4.78, 5) is 22.5. The van der Waals surface area contributed by atoms with E-state index >= 15 is 0 Å². The van der Waals surface area contributed by atoms with Crippen molar-refractivity contribution >= 4 is 45.1 Å². The quantitative estimate of drug-likeness (QED) is 0.871. The Kier molecular flexibility index (Phi) is 4.10. The van der Waals surface area contributed by atoms with E-state index < -0.39 is 17.7 Å². The number of amides is 1. The molecule has 1 amide bonds. The number of carbonyl (C=O) groups is 2. The highest BCUT2D eigenvalue weighted by atomic mass is 79.9. The van der Waals surface area contributed by atoms with E-state index in [4.69, 9.17) is 21.1 Å². The minimum absolute atomic E-state index is 0.00441. The number of halogens is 3. The lowest BCUT2D eigenvalue weighted by Gasteiger charge is -2.08. The third-order valence-electron chi connectivity index (χ3n) is 2.29. The molecule has 104 valence electrons. The summed E-state index contributed by atoms with van der Waals surface area (Å²) in [6.07, 6.45) is 0. The Morgan fingerprint density at radius 1 is 1.30 bits per heavy atom. The van der Waals surface area contributed by atoms with Crippen LogP contribution in [0, 0.1) is 5.82 Å². The van der Waals surface area contributed by atoms with E-state index in [1.54, 1.807) is 0 Å². The molecule has 0 unspecified atom stereocenters. The Labute approximate surface area is 125 Å². The summed E-state index contributed by atoms with van der Waals surface area (Å²) in [5, 5.41) is 11.1. The highest BCUT2D eigenvalue weighted by molar-refractivity contribution is 9.10. The lowest BCUT2D eigenvalue weighted by molar-refractivity contribution is 0.0660. The molecule has 0 spiro atoms. The van der Waals surface area contributed by atoms with Crippen molar-refractivity contribution in [2.24, 2.45) is 0 Å².